The van der Waals surface area contributed by atoms with Gasteiger partial charge in [0.1, 0.15) is 0 Å². The fraction of sp³-hybridized carbons (Fsp3) is 0.111. The number of thioether (sulfide) groups is 1. The van der Waals surface area contributed by atoms with Gasteiger partial charge in [0.15, 0.2) is 0 Å². The molecule has 0 aliphatic rings. The monoisotopic (exact) mass is 200 g/mol. The molecule has 0 aliphatic heterocycles. The van der Waals surface area contributed by atoms with E-state index in [0.29, 0.717) is 5.02 Å². The van der Waals surface area contributed by atoms with Crippen molar-refractivity contribution >= 4 is 23.4 Å². The van der Waals surface area contributed by atoms with E-state index in [1.165, 1.54) is 0 Å². The third-order valence-corrected chi connectivity index (χ3v) is 2.32. The van der Waals surface area contributed by atoms with E-state index in [4.69, 9.17) is 18.0 Å². The van der Waals surface area contributed by atoms with Crippen LogP contribution in [0.5, 0.6) is 0 Å². The predicted octanol–water partition coefficient (Wildman–Crippen LogP) is 3.36. The molecule has 0 amide bonds. The molecule has 1 aromatic rings. The molecule has 0 bridgehead atoms. The van der Waals surface area contributed by atoms with Crippen LogP contribution in [0.1, 0.15) is 0 Å². The fourth-order valence-corrected chi connectivity index (χ4v) is 1.39. The average Bonchev–Trinajstić information content (AvgIpc) is 2.09. The maximum Gasteiger partial charge on any atom is 0.210 e. The molecule has 1 atom stereocenters. The van der Waals surface area contributed by atoms with E-state index >= 15 is 0 Å². The van der Waals surface area contributed by atoms with E-state index in [1.807, 2.05) is 5.92 Å². The highest BCUT2D eigenvalue weighted by Gasteiger charge is 2.02. The topological polar surface area (TPSA) is 0 Å². The maximum atomic E-state index is 12.6. The number of rotatable bonds is 2. The number of terminal acetylenes is 1. The molecule has 0 aliphatic carbocycles. The van der Waals surface area contributed by atoms with E-state index in [1.54, 1.807) is 24.3 Å². The molecule has 0 aromatic heterocycles. The van der Waals surface area contributed by atoms with E-state index in [-0.39, 0.29) is 0 Å². The lowest BCUT2D eigenvalue weighted by Gasteiger charge is -2.00. The summed E-state index contributed by atoms with van der Waals surface area (Å²) in [5, 5.41) is 0.635. The standard InChI is InChI=1S/C9H6ClFS/c1-2-9(11)12-8-5-3-7(10)4-6-8/h1,3-6,9H. The molecule has 0 spiro atoms. The van der Waals surface area contributed by atoms with Crippen LogP contribution in [0, 0.1) is 12.3 Å². The van der Waals surface area contributed by atoms with Crippen molar-refractivity contribution in [1.82, 2.24) is 0 Å². The second-order valence-corrected chi connectivity index (χ2v) is 3.61. The van der Waals surface area contributed by atoms with E-state index in [9.17, 15) is 4.39 Å². The molecule has 3 heteroatoms. The van der Waals surface area contributed by atoms with Crippen molar-refractivity contribution in [2.24, 2.45) is 0 Å². The van der Waals surface area contributed by atoms with Crippen molar-refractivity contribution in [3.8, 4) is 12.3 Å². The molecule has 0 fully saturated rings. The average molecular weight is 201 g/mol. The Morgan fingerprint density at radius 3 is 2.50 bits per heavy atom. The largest absolute Gasteiger partial charge is 0.221 e. The lowest BCUT2D eigenvalue weighted by atomic mass is 10.4. The Labute approximate surface area is 80.1 Å². The second-order valence-electron chi connectivity index (χ2n) is 2.05. The third kappa shape index (κ3) is 2.77. The summed E-state index contributed by atoms with van der Waals surface area (Å²) in [4.78, 5) is 0.782. The van der Waals surface area contributed by atoms with Crippen molar-refractivity contribution in [2.45, 2.75) is 10.4 Å². The van der Waals surface area contributed by atoms with Crippen LogP contribution in [0.2, 0.25) is 5.02 Å². The van der Waals surface area contributed by atoms with Crippen LogP contribution in [0.4, 0.5) is 4.39 Å². The van der Waals surface area contributed by atoms with Crippen LogP contribution in [-0.4, -0.2) is 5.50 Å². The predicted molar refractivity (Wildman–Crippen MR) is 51.0 cm³/mol. The first kappa shape index (κ1) is 9.44. The molecule has 0 radical (unpaired) electrons. The number of hydrogen-bond acceptors (Lipinski definition) is 1. The van der Waals surface area contributed by atoms with Crippen molar-refractivity contribution in [1.29, 1.82) is 0 Å². The first-order valence-electron chi connectivity index (χ1n) is 3.25. The normalized spacial score (nSPS) is 12.1. The van der Waals surface area contributed by atoms with Gasteiger partial charge in [0.05, 0.1) is 0 Å². The molecule has 62 valence electrons. The summed E-state index contributed by atoms with van der Waals surface area (Å²) in [5.41, 5.74) is -1.29. The van der Waals surface area contributed by atoms with E-state index in [2.05, 4.69) is 0 Å². The minimum atomic E-state index is -1.29. The summed E-state index contributed by atoms with van der Waals surface area (Å²) in [7, 11) is 0. The highest BCUT2D eigenvalue weighted by Crippen LogP contribution is 2.24. The summed E-state index contributed by atoms with van der Waals surface area (Å²) in [5.74, 6) is 1.99. The van der Waals surface area contributed by atoms with Crippen molar-refractivity contribution < 1.29 is 4.39 Å². The molecule has 1 rings (SSSR count). The number of benzene rings is 1. The quantitative estimate of drug-likeness (QED) is 0.521. The van der Waals surface area contributed by atoms with Crippen LogP contribution in [0.3, 0.4) is 0 Å². The summed E-state index contributed by atoms with van der Waals surface area (Å²) >= 11 is 6.63. The van der Waals surface area contributed by atoms with Crippen LogP contribution in [0.15, 0.2) is 29.2 Å². The van der Waals surface area contributed by atoms with Gasteiger partial charge in [0.25, 0.3) is 0 Å². The van der Waals surface area contributed by atoms with Crippen molar-refractivity contribution in [3.05, 3.63) is 29.3 Å². The Balaban J connectivity index is 2.66. The molecule has 0 saturated carbocycles. The van der Waals surface area contributed by atoms with Crippen molar-refractivity contribution in [3.63, 3.8) is 0 Å². The van der Waals surface area contributed by atoms with Gasteiger partial charge in [-0.05, 0) is 24.3 Å². The number of hydrogen-bond donors (Lipinski definition) is 0. The second kappa shape index (κ2) is 4.39. The Morgan fingerprint density at radius 2 is 2.00 bits per heavy atom. The van der Waals surface area contributed by atoms with Gasteiger partial charge in [0.2, 0.25) is 5.50 Å². The summed E-state index contributed by atoms with van der Waals surface area (Å²) in [6.45, 7) is 0. The zero-order valence-corrected chi connectivity index (χ0v) is 7.70. The van der Waals surface area contributed by atoms with Gasteiger partial charge in [-0.1, -0.05) is 29.3 Å². The first-order valence-corrected chi connectivity index (χ1v) is 4.50. The van der Waals surface area contributed by atoms with Crippen LogP contribution >= 0.6 is 23.4 Å². The molecular weight excluding hydrogens is 195 g/mol. The van der Waals surface area contributed by atoms with Gasteiger partial charge in [-0.25, -0.2) is 4.39 Å². The number of halogens is 2. The van der Waals surface area contributed by atoms with Crippen molar-refractivity contribution in [2.75, 3.05) is 0 Å². The Kier molecular flexibility index (Phi) is 3.46. The highest BCUT2D eigenvalue weighted by atomic mass is 35.5. The molecule has 0 nitrogen and oxygen atoms in total. The minimum absolute atomic E-state index is 0.635. The summed E-state index contributed by atoms with van der Waals surface area (Å²) < 4.78 is 12.6. The Hall–Kier alpha value is -0.650. The summed E-state index contributed by atoms with van der Waals surface area (Å²) in [6.07, 6.45) is 4.88. The van der Waals surface area contributed by atoms with E-state index < -0.39 is 5.50 Å². The molecule has 0 saturated heterocycles. The van der Waals surface area contributed by atoms with E-state index in [0.717, 1.165) is 16.7 Å². The van der Waals surface area contributed by atoms with Gasteiger partial charge in [-0.2, -0.15) is 0 Å². The molecule has 12 heavy (non-hydrogen) atoms. The zero-order valence-electron chi connectivity index (χ0n) is 6.13. The van der Waals surface area contributed by atoms with Gasteiger partial charge in [-0.3, -0.25) is 0 Å². The Morgan fingerprint density at radius 1 is 1.42 bits per heavy atom. The van der Waals surface area contributed by atoms with Gasteiger partial charge in [0, 0.05) is 9.92 Å². The molecular formula is C9H6ClFS. The van der Waals surface area contributed by atoms with Gasteiger partial charge < -0.3 is 0 Å². The van der Waals surface area contributed by atoms with Gasteiger partial charge >= 0.3 is 0 Å². The lowest BCUT2D eigenvalue weighted by Crippen LogP contribution is -1.85. The fourth-order valence-electron chi connectivity index (χ4n) is 0.667. The lowest BCUT2D eigenvalue weighted by molar-refractivity contribution is 0.532. The zero-order chi connectivity index (χ0) is 8.97. The summed E-state index contributed by atoms with van der Waals surface area (Å²) in [6, 6.07) is 6.87. The first-order chi connectivity index (χ1) is 5.72. The minimum Gasteiger partial charge on any atom is -0.221 e. The third-order valence-electron chi connectivity index (χ3n) is 1.18. The highest BCUT2D eigenvalue weighted by molar-refractivity contribution is 8.00. The molecule has 1 aromatic carbocycles. The molecule has 1 unspecified atom stereocenters. The maximum absolute atomic E-state index is 12.6. The molecule has 0 heterocycles. The van der Waals surface area contributed by atoms with Crippen LogP contribution < -0.4 is 0 Å². The molecule has 0 N–H and O–H groups in total. The SMILES string of the molecule is C#CC(F)Sc1ccc(Cl)cc1. The number of alkyl halides is 1. The van der Waals surface area contributed by atoms with Crippen LogP contribution in [0.25, 0.3) is 0 Å². The Bertz CT molecular complexity index is 288. The van der Waals surface area contributed by atoms with Gasteiger partial charge in [-0.15, -0.1) is 6.42 Å². The van der Waals surface area contributed by atoms with Crippen LogP contribution in [-0.2, 0) is 0 Å². The smallest absolute Gasteiger partial charge is 0.210 e.